The molecule has 10 N–H and O–H groups in total. The monoisotopic (exact) mass is 678 g/mol. The summed E-state index contributed by atoms with van der Waals surface area (Å²) in [7, 11) is -30.0. The molecular formula is C7H17F5LiO18P5S. The van der Waals surface area contributed by atoms with E-state index >= 15 is 0 Å². The Morgan fingerprint density at radius 1 is 0.649 bits per heavy atom. The van der Waals surface area contributed by atoms with Crippen molar-refractivity contribution in [2.24, 2.45) is 0 Å². The average molecular weight is 678 g/mol. The summed E-state index contributed by atoms with van der Waals surface area (Å²) in [6.07, 6.45) is 0. The van der Waals surface area contributed by atoms with E-state index in [2.05, 4.69) is 0 Å². The van der Waals surface area contributed by atoms with E-state index in [9.17, 15) is 29.4 Å². The molecule has 1 rings (SSSR count). The zero-order chi connectivity index (χ0) is 31.0. The van der Waals surface area contributed by atoms with E-state index < -0.39 is 49.7 Å². The summed E-state index contributed by atoms with van der Waals surface area (Å²) in [5.74, 6) is 0. The van der Waals surface area contributed by atoms with E-state index in [4.69, 9.17) is 76.3 Å². The topological polar surface area (TPSA) is 345 Å². The van der Waals surface area contributed by atoms with Gasteiger partial charge in [0.2, 0.25) is 0 Å². The van der Waals surface area contributed by atoms with Gasteiger partial charge in [0.1, 0.15) is 0 Å². The first-order valence-electron chi connectivity index (χ1n) is 6.79. The van der Waals surface area contributed by atoms with Crippen molar-refractivity contribution in [2.45, 2.75) is 11.8 Å². The van der Waals surface area contributed by atoms with Gasteiger partial charge in [0.15, 0.2) is 0 Å². The second kappa shape index (κ2) is 21.0. The molecule has 0 bridgehead atoms. The van der Waals surface area contributed by atoms with E-state index in [1.165, 1.54) is 6.07 Å². The molecule has 0 saturated carbocycles. The van der Waals surface area contributed by atoms with Crippen molar-refractivity contribution in [3.8, 4) is 0 Å². The number of rotatable bonds is 1. The zero-order valence-corrected chi connectivity index (χ0v) is 22.9. The number of aryl methyl sites for hydroxylation is 1. The van der Waals surface area contributed by atoms with Crippen molar-refractivity contribution in [1.29, 1.82) is 0 Å². The molecule has 18 nitrogen and oxygen atoms in total. The van der Waals surface area contributed by atoms with Crippen LogP contribution in [0.2, 0.25) is 0 Å². The predicted octanol–water partition coefficient (Wildman–Crippen LogP) is -2.14. The van der Waals surface area contributed by atoms with Gasteiger partial charge < -0.3 is 9.79 Å². The maximum atomic E-state index is 10.6. The Morgan fingerprint density at radius 2 is 0.811 bits per heavy atom. The standard InChI is InChI=1S/C7H8O3S.5FH2O3P.Li/c1-6-4-2-3-5-7(6)11(8,9)10;5*1-5(2,3)4;/h2-5H,1H3,(H,8,9,10);5*(H2,2,3,4);/q;;;;;;+1/p-1. The summed E-state index contributed by atoms with van der Waals surface area (Å²) >= 11 is 0. The van der Waals surface area contributed by atoms with Crippen molar-refractivity contribution in [3.05, 3.63) is 29.8 Å². The summed E-state index contributed by atoms with van der Waals surface area (Å²) in [5, 5.41) is 0. The van der Waals surface area contributed by atoms with Crippen LogP contribution in [0.3, 0.4) is 0 Å². The van der Waals surface area contributed by atoms with Crippen LogP contribution < -0.4 is 23.8 Å². The summed E-state index contributed by atoms with van der Waals surface area (Å²) in [4.78, 5) is 71.1. The minimum Gasteiger partial charge on any atom is -0.753 e. The molecular weight excluding hydrogens is 661 g/mol. The number of halogens is 5. The van der Waals surface area contributed by atoms with Gasteiger partial charge in [-0.15, -0.1) is 16.8 Å². The van der Waals surface area contributed by atoms with Crippen molar-refractivity contribution in [1.82, 2.24) is 0 Å². The quantitative estimate of drug-likeness (QED) is 0.0655. The van der Waals surface area contributed by atoms with Crippen LogP contribution in [-0.4, -0.2) is 57.0 Å². The molecule has 0 fully saturated rings. The Balaban J connectivity index is -0.0000000812. The fourth-order valence-corrected chi connectivity index (χ4v) is 1.57. The molecule has 1 unspecified atom stereocenters. The molecule has 0 spiro atoms. The van der Waals surface area contributed by atoms with Crippen LogP contribution >= 0.6 is 39.5 Å². The molecule has 0 aliphatic heterocycles. The molecule has 30 heteroatoms. The molecule has 1 atom stereocenters. The van der Waals surface area contributed by atoms with Crippen LogP contribution in [0.1, 0.15) is 5.56 Å². The smallest absolute Gasteiger partial charge is 0.753 e. The third kappa shape index (κ3) is 143. The molecule has 0 amide bonds. The minimum atomic E-state index is -5.39. The average Bonchev–Trinajstić information content (AvgIpc) is 2.36. The Hall–Kier alpha value is 0.127. The molecule has 0 aliphatic rings. The van der Waals surface area contributed by atoms with Gasteiger partial charge in [0, 0.05) is 0 Å². The Morgan fingerprint density at radius 3 is 0.919 bits per heavy atom. The minimum absolute atomic E-state index is 0. The molecule has 0 aromatic heterocycles. The number of hydrogen-bond donors (Lipinski definition) is 10. The van der Waals surface area contributed by atoms with Gasteiger partial charge in [-0.3, -0.25) is 48.3 Å². The maximum absolute atomic E-state index is 10.6. The first-order valence-corrected chi connectivity index (χ1v) is 15.7. The molecule has 0 radical (unpaired) electrons. The summed E-state index contributed by atoms with van der Waals surface area (Å²) in [6, 6.07) is 6.27. The Bertz CT molecular complexity index is 932. The Kier molecular flexibility index (Phi) is 28.3. The molecule has 1 aromatic carbocycles. The van der Waals surface area contributed by atoms with Gasteiger partial charge in [-0.1, -0.05) is 18.2 Å². The maximum Gasteiger partial charge on any atom is 1.00 e. The molecule has 0 aliphatic carbocycles. The third-order valence-electron chi connectivity index (χ3n) is 1.37. The van der Waals surface area contributed by atoms with Gasteiger partial charge in [-0.05, 0) is 18.6 Å². The van der Waals surface area contributed by atoms with Gasteiger partial charge in [0.25, 0.3) is 10.1 Å². The second-order valence-electron chi connectivity index (χ2n) is 4.58. The first kappa shape index (κ1) is 50.0. The summed E-state index contributed by atoms with van der Waals surface area (Å²) < 4.78 is 125. The van der Waals surface area contributed by atoms with E-state index in [1.54, 1.807) is 25.1 Å². The van der Waals surface area contributed by atoms with Crippen molar-refractivity contribution >= 4 is 49.7 Å². The molecule has 0 saturated heterocycles. The van der Waals surface area contributed by atoms with Gasteiger partial charge in [-0.2, -0.15) is 12.6 Å². The van der Waals surface area contributed by atoms with Crippen molar-refractivity contribution in [2.75, 3.05) is 0 Å². The van der Waals surface area contributed by atoms with Crippen LogP contribution in [0.4, 0.5) is 21.0 Å². The van der Waals surface area contributed by atoms with E-state index in [0.717, 1.165) is 0 Å². The summed E-state index contributed by atoms with van der Waals surface area (Å²) in [5.41, 5.74) is 0.551. The number of benzene rings is 1. The SMILES string of the molecule is Cc1ccccc1S(=O)(=O)O.O=P(O)(O)F.O=P(O)(O)F.O=P(O)(O)F.O=P(O)(O)F.O=P([O-])(O)F.[Li+]. The normalized spacial score (nSPS) is 12.7. The van der Waals surface area contributed by atoms with Crippen molar-refractivity contribution in [3.63, 3.8) is 0 Å². The van der Waals surface area contributed by atoms with Crippen LogP contribution in [0.25, 0.3) is 0 Å². The molecule has 220 valence electrons. The summed E-state index contributed by atoms with van der Waals surface area (Å²) in [6.45, 7) is 1.63. The van der Waals surface area contributed by atoms with E-state index in [0.29, 0.717) is 5.56 Å². The largest absolute Gasteiger partial charge is 1.00 e. The number of hydrogen-bond acceptors (Lipinski definition) is 8. The van der Waals surface area contributed by atoms with Gasteiger partial charge >= 0.3 is 58.4 Å². The van der Waals surface area contributed by atoms with Gasteiger partial charge in [-0.25, -0.2) is 18.3 Å². The van der Waals surface area contributed by atoms with Crippen LogP contribution in [-0.2, 0) is 32.9 Å². The second-order valence-corrected chi connectivity index (χ2v) is 10.7. The Labute approximate surface area is 215 Å². The van der Waals surface area contributed by atoms with Crippen molar-refractivity contribution < 1.29 is 125 Å². The fourth-order valence-electron chi connectivity index (χ4n) is 0.846. The van der Waals surface area contributed by atoms with Gasteiger partial charge in [0.05, 0.1) is 4.90 Å². The molecule has 1 aromatic rings. The first-order chi connectivity index (χ1) is 15.0. The predicted molar refractivity (Wildman–Crippen MR) is 105 cm³/mol. The van der Waals surface area contributed by atoms with Crippen LogP contribution in [0.15, 0.2) is 29.2 Å². The zero-order valence-electron chi connectivity index (χ0n) is 17.6. The van der Waals surface area contributed by atoms with E-state index in [-0.39, 0.29) is 23.8 Å². The third-order valence-corrected chi connectivity index (χ3v) is 2.39. The fraction of sp³-hybridized carbons (Fsp3) is 0.143. The molecule has 0 heterocycles. The molecule has 37 heavy (non-hydrogen) atoms. The van der Waals surface area contributed by atoms with Crippen LogP contribution in [0, 0.1) is 6.92 Å². The van der Waals surface area contributed by atoms with Crippen LogP contribution in [0.5, 0.6) is 0 Å². The van der Waals surface area contributed by atoms with E-state index in [1.807, 2.05) is 0 Å².